The molecule has 1 aliphatic rings. The molecule has 1 heterocycles. The van der Waals surface area contributed by atoms with Gasteiger partial charge in [-0.05, 0) is 6.08 Å². The van der Waals surface area contributed by atoms with Gasteiger partial charge in [-0.2, -0.15) is 0 Å². The number of nitrogens with one attached hydrogen (secondary N) is 2. The van der Waals surface area contributed by atoms with E-state index in [1.165, 1.54) is 0 Å². The molecular weight excluding hydrogens is 88.1 g/mol. The molecular formula is C5H6N2. The lowest BCUT2D eigenvalue weighted by Crippen LogP contribution is -2.21. The summed E-state index contributed by atoms with van der Waals surface area (Å²) in [5.41, 5.74) is 5.42. The van der Waals surface area contributed by atoms with Crippen molar-refractivity contribution in [3.05, 3.63) is 31.0 Å². The van der Waals surface area contributed by atoms with Crippen LogP contribution in [0.5, 0.6) is 0 Å². The maximum absolute atomic E-state index is 2.74. The van der Waals surface area contributed by atoms with Crippen LogP contribution in [-0.4, -0.2) is 0 Å². The lowest BCUT2D eigenvalue weighted by molar-refractivity contribution is 0.745. The van der Waals surface area contributed by atoms with Crippen molar-refractivity contribution >= 4 is 0 Å². The minimum atomic E-state index is 1.79. The standard InChI is InChI=1S/C5H6N2/c1-2-4-6-7-5-3-1/h1-4,6-7H. The van der Waals surface area contributed by atoms with Crippen LogP contribution >= 0.6 is 0 Å². The molecule has 1 aliphatic heterocycles. The van der Waals surface area contributed by atoms with Crippen molar-refractivity contribution in [1.29, 1.82) is 0 Å². The van der Waals surface area contributed by atoms with Gasteiger partial charge in [-0.15, -0.1) is 0 Å². The average molecular weight is 94.1 g/mol. The quantitative estimate of drug-likeness (QED) is 0.448. The highest BCUT2D eigenvalue weighted by molar-refractivity contribution is 5.08. The number of rotatable bonds is 0. The van der Waals surface area contributed by atoms with Gasteiger partial charge in [0.05, 0.1) is 0 Å². The van der Waals surface area contributed by atoms with Crippen molar-refractivity contribution < 1.29 is 0 Å². The average Bonchev–Trinajstić information content (AvgIpc) is 1.90. The van der Waals surface area contributed by atoms with Gasteiger partial charge in [0.25, 0.3) is 0 Å². The number of hydrazine groups is 1. The van der Waals surface area contributed by atoms with Crippen molar-refractivity contribution in [2.24, 2.45) is 0 Å². The Bertz CT molecular complexity index is 82.3. The molecule has 0 unspecified atom stereocenters. The predicted octanol–water partition coefficient (Wildman–Crippen LogP) is 0.203. The lowest BCUT2D eigenvalue weighted by Gasteiger charge is -1.91. The zero-order valence-corrected chi connectivity index (χ0v) is 3.81. The Kier molecular flexibility index (Phi) is 1.52. The van der Waals surface area contributed by atoms with E-state index in [4.69, 9.17) is 0 Å². The van der Waals surface area contributed by atoms with Gasteiger partial charge in [0, 0.05) is 6.20 Å². The molecule has 0 amide bonds. The second-order valence-corrected chi connectivity index (χ2v) is 1.13. The summed E-state index contributed by atoms with van der Waals surface area (Å²) in [6.45, 7) is 2.74. The van der Waals surface area contributed by atoms with E-state index in [2.05, 4.69) is 17.4 Å². The number of hydrogen-bond acceptors (Lipinski definition) is 2. The minimum absolute atomic E-state index is 1.79. The summed E-state index contributed by atoms with van der Waals surface area (Å²) in [7, 11) is 0. The van der Waals surface area contributed by atoms with Crippen molar-refractivity contribution in [1.82, 2.24) is 10.9 Å². The fraction of sp³-hybridized carbons (Fsp3) is 0. The zero-order valence-electron chi connectivity index (χ0n) is 3.81. The van der Waals surface area contributed by atoms with E-state index in [0.717, 1.165) is 0 Å². The summed E-state index contributed by atoms with van der Waals surface area (Å²) in [4.78, 5) is 0. The largest absolute Gasteiger partial charge is 0.328 e. The normalized spacial score (nSPS) is 18.3. The summed E-state index contributed by atoms with van der Waals surface area (Å²) in [5.74, 6) is 0. The van der Waals surface area contributed by atoms with Crippen LogP contribution < -0.4 is 10.9 Å². The molecule has 2 N–H and O–H groups in total. The van der Waals surface area contributed by atoms with Crippen LogP contribution in [0.4, 0.5) is 0 Å². The van der Waals surface area contributed by atoms with Crippen molar-refractivity contribution in [3.8, 4) is 0 Å². The molecule has 0 fully saturated rings. The fourth-order valence-electron chi connectivity index (χ4n) is 0.332. The minimum Gasteiger partial charge on any atom is -0.328 e. The zero-order chi connectivity index (χ0) is 4.95. The summed E-state index contributed by atoms with van der Waals surface area (Å²) in [6, 6.07) is 0. The maximum atomic E-state index is 2.74. The number of hydrogen-bond donors (Lipinski definition) is 2. The third kappa shape index (κ3) is 1.41. The van der Waals surface area contributed by atoms with Gasteiger partial charge >= 0.3 is 0 Å². The van der Waals surface area contributed by atoms with Crippen LogP contribution in [0.3, 0.4) is 0 Å². The van der Waals surface area contributed by atoms with Gasteiger partial charge < -0.3 is 5.43 Å². The van der Waals surface area contributed by atoms with Gasteiger partial charge in [0.2, 0.25) is 0 Å². The third-order valence-corrected chi connectivity index (χ3v) is 0.615. The monoisotopic (exact) mass is 94.1 g/mol. The van der Waals surface area contributed by atoms with E-state index in [1.807, 2.05) is 12.2 Å². The SMILES string of the molecule is [C]1C=CC=CNN1. The molecule has 0 aliphatic carbocycles. The number of allylic oxidation sites excluding steroid dienone is 2. The molecule has 7 heavy (non-hydrogen) atoms. The van der Waals surface area contributed by atoms with Crippen LogP contribution in [0.25, 0.3) is 0 Å². The van der Waals surface area contributed by atoms with E-state index in [-0.39, 0.29) is 0 Å². The molecule has 0 atom stereocenters. The second kappa shape index (κ2) is 2.42. The summed E-state index contributed by atoms with van der Waals surface area (Å²) < 4.78 is 0. The van der Waals surface area contributed by atoms with E-state index < -0.39 is 0 Å². The smallest absolute Gasteiger partial charge is 0.107 e. The molecule has 0 saturated carbocycles. The molecule has 36 valence electrons. The van der Waals surface area contributed by atoms with E-state index in [1.54, 1.807) is 12.3 Å². The van der Waals surface area contributed by atoms with Crippen LogP contribution in [-0.2, 0) is 0 Å². The first-order valence-corrected chi connectivity index (χ1v) is 2.08. The van der Waals surface area contributed by atoms with E-state index in [0.29, 0.717) is 0 Å². The van der Waals surface area contributed by atoms with Gasteiger partial charge in [-0.1, -0.05) is 12.2 Å². The summed E-state index contributed by atoms with van der Waals surface area (Å²) in [6.07, 6.45) is 7.34. The highest BCUT2D eigenvalue weighted by atomic mass is 15.3. The molecule has 0 spiro atoms. The molecule has 2 radical (unpaired) electrons. The molecule has 1 rings (SSSR count). The van der Waals surface area contributed by atoms with E-state index in [9.17, 15) is 0 Å². The van der Waals surface area contributed by atoms with Gasteiger partial charge in [-0.25, -0.2) is 5.43 Å². The highest BCUT2D eigenvalue weighted by Gasteiger charge is 1.77. The Balaban J connectivity index is 2.39. The Hall–Kier alpha value is -0.760. The van der Waals surface area contributed by atoms with Crippen LogP contribution in [0, 0.1) is 6.54 Å². The van der Waals surface area contributed by atoms with Crippen molar-refractivity contribution in [3.63, 3.8) is 0 Å². The van der Waals surface area contributed by atoms with E-state index >= 15 is 0 Å². The highest BCUT2D eigenvalue weighted by Crippen LogP contribution is 1.79. The third-order valence-electron chi connectivity index (χ3n) is 0.615. The van der Waals surface area contributed by atoms with Gasteiger partial charge in [-0.3, -0.25) is 0 Å². The Morgan fingerprint density at radius 1 is 1.29 bits per heavy atom. The van der Waals surface area contributed by atoms with Gasteiger partial charge in [0.15, 0.2) is 0 Å². The lowest BCUT2D eigenvalue weighted by atomic mass is 10.5. The van der Waals surface area contributed by atoms with Crippen molar-refractivity contribution in [2.45, 2.75) is 0 Å². The van der Waals surface area contributed by atoms with Crippen LogP contribution in [0.2, 0.25) is 0 Å². The Morgan fingerprint density at radius 3 is 3.29 bits per heavy atom. The molecule has 2 nitrogen and oxygen atoms in total. The first kappa shape index (κ1) is 4.40. The summed E-state index contributed by atoms with van der Waals surface area (Å²) >= 11 is 0. The van der Waals surface area contributed by atoms with Crippen molar-refractivity contribution in [2.75, 3.05) is 0 Å². The summed E-state index contributed by atoms with van der Waals surface area (Å²) in [5, 5.41) is 0. The Morgan fingerprint density at radius 2 is 2.29 bits per heavy atom. The van der Waals surface area contributed by atoms with Gasteiger partial charge in [0.1, 0.15) is 6.54 Å². The first-order chi connectivity index (χ1) is 3.50. The Labute approximate surface area is 42.9 Å². The first-order valence-electron chi connectivity index (χ1n) is 2.08. The molecule has 0 aromatic heterocycles. The second-order valence-electron chi connectivity index (χ2n) is 1.13. The molecule has 2 heteroatoms. The van der Waals surface area contributed by atoms with Crippen LogP contribution in [0.1, 0.15) is 0 Å². The molecule has 0 aromatic carbocycles. The molecule has 0 saturated heterocycles. The molecule has 0 aromatic rings. The van der Waals surface area contributed by atoms with Crippen LogP contribution in [0.15, 0.2) is 24.4 Å². The topological polar surface area (TPSA) is 24.1 Å². The fourth-order valence-corrected chi connectivity index (χ4v) is 0.332. The maximum Gasteiger partial charge on any atom is 0.107 e. The predicted molar refractivity (Wildman–Crippen MR) is 27.8 cm³/mol. The molecule has 0 bridgehead atoms.